The molecule has 2 rings (SSSR count). The summed E-state index contributed by atoms with van der Waals surface area (Å²) >= 11 is 12.9. The minimum atomic E-state index is -0.149. The molecule has 2 aromatic rings. The van der Waals surface area contributed by atoms with Gasteiger partial charge in [-0.1, -0.05) is 27.5 Å². The van der Waals surface area contributed by atoms with Gasteiger partial charge in [-0.25, -0.2) is 0 Å². The van der Waals surface area contributed by atoms with E-state index >= 15 is 0 Å². The molecule has 0 aliphatic heterocycles. The minimum absolute atomic E-state index is 0.149. The van der Waals surface area contributed by atoms with Crippen LogP contribution < -0.4 is 0 Å². The van der Waals surface area contributed by atoms with Crippen LogP contribution in [-0.2, 0) is 6.54 Å². The van der Waals surface area contributed by atoms with Gasteiger partial charge >= 0.3 is 0 Å². The average molecular weight is 436 g/mol. The lowest BCUT2D eigenvalue weighted by atomic mass is 10.1. The van der Waals surface area contributed by atoms with Crippen molar-refractivity contribution >= 4 is 49.2 Å². The van der Waals surface area contributed by atoms with Crippen LogP contribution in [0.1, 0.15) is 16.1 Å². The summed E-state index contributed by atoms with van der Waals surface area (Å²) in [7, 11) is 3.95. The summed E-state index contributed by atoms with van der Waals surface area (Å²) in [6, 6.07) is 5.23. The number of benzene rings is 1. The zero-order chi connectivity index (χ0) is 15.6. The topological polar surface area (TPSA) is 38.1 Å². The van der Waals surface area contributed by atoms with Crippen molar-refractivity contribution in [3.8, 4) is 0 Å². The Morgan fingerprint density at radius 2 is 2.10 bits per heavy atom. The summed E-state index contributed by atoms with van der Waals surface area (Å²) in [5, 5.41) is 4.68. The first-order valence-corrected chi connectivity index (χ1v) is 8.22. The van der Waals surface area contributed by atoms with E-state index in [0.29, 0.717) is 27.3 Å². The molecule has 0 aliphatic rings. The van der Waals surface area contributed by atoms with Crippen LogP contribution in [-0.4, -0.2) is 41.1 Å². The number of rotatable bonds is 5. The van der Waals surface area contributed by atoms with E-state index in [1.807, 2.05) is 19.0 Å². The Morgan fingerprint density at radius 3 is 2.76 bits per heavy atom. The number of nitrogens with zero attached hydrogens (tertiary/aromatic N) is 3. The fourth-order valence-electron chi connectivity index (χ4n) is 1.85. The molecule has 1 aromatic carbocycles. The molecule has 0 spiro atoms. The lowest BCUT2D eigenvalue weighted by Gasteiger charge is -2.12. The van der Waals surface area contributed by atoms with Crippen molar-refractivity contribution in [3.63, 3.8) is 0 Å². The van der Waals surface area contributed by atoms with E-state index in [1.54, 1.807) is 29.1 Å². The van der Waals surface area contributed by atoms with E-state index in [4.69, 9.17) is 11.6 Å². The maximum absolute atomic E-state index is 12.8. The molecule has 0 saturated heterocycles. The van der Waals surface area contributed by atoms with Crippen molar-refractivity contribution in [2.45, 2.75) is 6.54 Å². The molecule has 21 heavy (non-hydrogen) atoms. The lowest BCUT2D eigenvalue weighted by molar-refractivity contribution is 0.102. The van der Waals surface area contributed by atoms with Crippen molar-refractivity contribution in [2.24, 2.45) is 0 Å². The zero-order valence-corrected chi connectivity index (χ0v) is 15.5. The van der Waals surface area contributed by atoms with Crippen LogP contribution in [0.3, 0.4) is 0 Å². The molecule has 0 amide bonds. The maximum atomic E-state index is 12.8. The summed E-state index contributed by atoms with van der Waals surface area (Å²) in [5.41, 5.74) is 0.968. The first kappa shape index (κ1) is 16.7. The van der Waals surface area contributed by atoms with E-state index in [2.05, 4.69) is 37.0 Å². The number of aromatic nitrogens is 2. The monoisotopic (exact) mass is 433 g/mol. The third-order valence-corrected chi connectivity index (χ3v) is 4.35. The van der Waals surface area contributed by atoms with E-state index < -0.39 is 0 Å². The Morgan fingerprint density at radius 1 is 1.38 bits per heavy atom. The summed E-state index contributed by atoms with van der Waals surface area (Å²) in [6.45, 7) is 1.42. The molecule has 1 heterocycles. The van der Waals surface area contributed by atoms with Gasteiger partial charge in [-0.3, -0.25) is 9.48 Å². The lowest BCUT2D eigenvalue weighted by Crippen LogP contribution is -2.22. The van der Waals surface area contributed by atoms with Crippen LogP contribution in [0.5, 0.6) is 0 Å². The van der Waals surface area contributed by atoms with Gasteiger partial charge in [-0.15, -0.1) is 0 Å². The predicted octanol–water partition coefficient (Wildman–Crippen LogP) is 3.85. The molecule has 0 radical (unpaired) electrons. The van der Waals surface area contributed by atoms with Gasteiger partial charge < -0.3 is 4.90 Å². The molecule has 4 nitrogen and oxygen atoms in total. The minimum Gasteiger partial charge on any atom is -0.308 e. The molecular formula is C14H14Br2ClN3O. The fraction of sp³-hybridized carbons (Fsp3) is 0.286. The fourth-order valence-corrected chi connectivity index (χ4v) is 2.89. The smallest absolute Gasteiger partial charge is 0.213 e. The summed E-state index contributed by atoms with van der Waals surface area (Å²) in [5.74, 6) is -0.149. The van der Waals surface area contributed by atoms with Gasteiger partial charge in [0.15, 0.2) is 0 Å². The number of carbonyl (C=O) groups excluding carboxylic acids is 1. The van der Waals surface area contributed by atoms with Crippen LogP contribution in [0.4, 0.5) is 0 Å². The van der Waals surface area contributed by atoms with Gasteiger partial charge in [-0.2, -0.15) is 5.10 Å². The van der Waals surface area contributed by atoms with Crippen molar-refractivity contribution in [2.75, 3.05) is 20.6 Å². The van der Waals surface area contributed by atoms with Gasteiger partial charge in [0.1, 0.15) is 5.69 Å². The molecule has 0 unspecified atom stereocenters. The van der Waals surface area contributed by atoms with Gasteiger partial charge in [0.25, 0.3) is 0 Å². The Balaban J connectivity index is 2.39. The number of likely N-dealkylation sites (N-methyl/N-ethyl adjacent to an activating group) is 1. The van der Waals surface area contributed by atoms with Crippen molar-refractivity contribution in [1.29, 1.82) is 0 Å². The highest BCUT2D eigenvalue weighted by molar-refractivity contribution is 9.10. The Hall–Kier alpha value is -0.690. The van der Waals surface area contributed by atoms with Crippen LogP contribution in [0.25, 0.3) is 0 Å². The average Bonchev–Trinajstić information content (AvgIpc) is 2.79. The van der Waals surface area contributed by atoms with Crippen molar-refractivity contribution < 1.29 is 4.79 Å². The van der Waals surface area contributed by atoms with Crippen molar-refractivity contribution in [3.05, 3.63) is 49.6 Å². The largest absolute Gasteiger partial charge is 0.308 e. The zero-order valence-electron chi connectivity index (χ0n) is 11.6. The molecule has 7 heteroatoms. The molecule has 0 N–H and O–H groups in total. The molecule has 0 aliphatic carbocycles. The van der Waals surface area contributed by atoms with Crippen LogP contribution in [0.2, 0.25) is 5.02 Å². The van der Waals surface area contributed by atoms with Gasteiger partial charge in [0, 0.05) is 16.6 Å². The Kier molecular flexibility index (Phi) is 5.60. The number of ketones is 1. The number of hydrogen-bond acceptors (Lipinski definition) is 3. The van der Waals surface area contributed by atoms with Crippen LogP contribution >= 0.6 is 43.5 Å². The van der Waals surface area contributed by atoms with E-state index in [1.165, 1.54) is 0 Å². The summed E-state index contributed by atoms with van der Waals surface area (Å²) in [6.07, 6.45) is 1.63. The second-order valence-corrected chi connectivity index (χ2v) is 7.00. The van der Waals surface area contributed by atoms with Gasteiger partial charge in [-0.05, 0) is 48.2 Å². The van der Waals surface area contributed by atoms with Gasteiger partial charge in [0.05, 0.1) is 22.2 Å². The third kappa shape index (κ3) is 3.94. The van der Waals surface area contributed by atoms with Crippen molar-refractivity contribution in [1.82, 2.24) is 14.7 Å². The SMILES string of the molecule is CN(C)CCn1ncc(Br)c1C(=O)c1cc(Br)ccc1Cl. The third-order valence-electron chi connectivity index (χ3n) is 2.94. The maximum Gasteiger partial charge on any atom is 0.213 e. The van der Waals surface area contributed by atoms with E-state index in [9.17, 15) is 4.79 Å². The highest BCUT2D eigenvalue weighted by Gasteiger charge is 2.21. The van der Waals surface area contributed by atoms with Crippen LogP contribution in [0, 0.1) is 0 Å². The molecule has 1 aromatic heterocycles. The normalized spacial score (nSPS) is 11.1. The Bertz CT molecular complexity index is 670. The van der Waals surface area contributed by atoms with Crippen LogP contribution in [0.15, 0.2) is 33.3 Å². The predicted molar refractivity (Wildman–Crippen MR) is 91.1 cm³/mol. The molecule has 0 saturated carbocycles. The molecule has 112 valence electrons. The highest BCUT2D eigenvalue weighted by atomic mass is 79.9. The number of halogens is 3. The van der Waals surface area contributed by atoms with E-state index in [0.717, 1.165) is 11.0 Å². The van der Waals surface area contributed by atoms with Gasteiger partial charge in [0.2, 0.25) is 5.78 Å². The quantitative estimate of drug-likeness (QED) is 0.670. The molecule has 0 fully saturated rings. The molecular weight excluding hydrogens is 421 g/mol. The van der Waals surface area contributed by atoms with E-state index in [-0.39, 0.29) is 5.78 Å². The second-order valence-electron chi connectivity index (χ2n) is 4.82. The molecule has 0 bridgehead atoms. The second kappa shape index (κ2) is 7.05. The first-order valence-electron chi connectivity index (χ1n) is 6.26. The summed E-state index contributed by atoms with van der Waals surface area (Å²) in [4.78, 5) is 14.8. The number of hydrogen-bond donors (Lipinski definition) is 0. The Labute approximate surface area is 145 Å². The standard InChI is InChI=1S/C14H14Br2ClN3O/c1-19(2)5-6-20-13(11(16)8-18-20)14(21)10-7-9(15)3-4-12(10)17/h3-4,7-8H,5-6H2,1-2H3. The summed E-state index contributed by atoms with van der Waals surface area (Å²) < 4.78 is 3.18. The molecule has 0 atom stereocenters. The number of carbonyl (C=O) groups is 1. The first-order chi connectivity index (χ1) is 9.90. The highest BCUT2D eigenvalue weighted by Crippen LogP contribution is 2.26.